The topological polar surface area (TPSA) is 9.23 Å². The molecule has 0 atom stereocenters. The van der Waals surface area contributed by atoms with Gasteiger partial charge in [-0.15, -0.1) is 0 Å². The average Bonchev–Trinajstić information content (AvgIpc) is 2.04. The molecule has 0 aliphatic rings. The van der Waals surface area contributed by atoms with Crippen LogP contribution in [0.2, 0.25) is 5.82 Å². The van der Waals surface area contributed by atoms with Gasteiger partial charge in [-0.1, -0.05) is 0 Å². The number of para-hydroxylation sites is 1. The van der Waals surface area contributed by atoms with Crippen LogP contribution in [0.4, 0.5) is 0 Å². The molecule has 1 aromatic rings. The van der Waals surface area contributed by atoms with Crippen LogP contribution in [0.1, 0.15) is 0 Å². The first-order valence-electron chi connectivity index (χ1n) is 3.05. The number of rotatable bonds is 2. The van der Waals surface area contributed by atoms with Gasteiger partial charge in [0.2, 0.25) is 0 Å². The van der Waals surface area contributed by atoms with E-state index in [0.717, 1.165) is 5.75 Å². The van der Waals surface area contributed by atoms with Crippen LogP contribution >= 0.6 is 0 Å². The molecule has 0 N–H and O–H groups in total. The standard InChI is InChI=1S/C8H10OSe/c1-9-7-5-3-4-6-8(7)10-2/h3-6H,1-2H3. The Kier molecular flexibility index (Phi) is 2.79. The fourth-order valence-electron chi connectivity index (χ4n) is 0.787. The second kappa shape index (κ2) is 3.65. The van der Waals surface area contributed by atoms with Crippen molar-refractivity contribution in [1.82, 2.24) is 0 Å². The van der Waals surface area contributed by atoms with Crippen molar-refractivity contribution < 1.29 is 4.74 Å². The predicted octanol–water partition coefficient (Wildman–Crippen LogP) is 1.07. The first kappa shape index (κ1) is 7.64. The van der Waals surface area contributed by atoms with Crippen LogP contribution in [-0.4, -0.2) is 22.1 Å². The Labute approximate surface area is 67.6 Å². The molecule has 0 aliphatic heterocycles. The van der Waals surface area contributed by atoms with E-state index in [-0.39, 0.29) is 0 Å². The van der Waals surface area contributed by atoms with Gasteiger partial charge in [0.05, 0.1) is 0 Å². The van der Waals surface area contributed by atoms with Crippen LogP contribution in [0.25, 0.3) is 0 Å². The number of methoxy groups -OCH3 is 1. The van der Waals surface area contributed by atoms with Gasteiger partial charge in [-0.3, -0.25) is 0 Å². The summed E-state index contributed by atoms with van der Waals surface area (Å²) in [5.74, 6) is 3.20. The summed E-state index contributed by atoms with van der Waals surface area (Å²) in [6.07, 6.45) is 0. The van der Waals surface area contributed by atoms with Gasteiger partial charge in [0, 0.05) is 0 Å². The second-order valence-electron chi connectivity index (χ2n) is 1.85. The van der Waals surface area contributed by atoms with E-state index in [0.29, 0.717) is 15.0 Å². The summed E-state index contributed by atoms with van der Waals surface area (Å²) in [4.78, 5) is 0. The van der Waals surface area contributed by atoms with Crippen molar-refractivity contribution >= 4 is 19.4 Å². The van der Waals surface area contributed by atoms with Gasteiger partial charge in [-0.2, -0.15) is 0 Å². The summed E-state index contributed by atoms with van der Waals surface area (Å²) in [7, 11) is 1.71. The van der Waals surface area contributed by atoms with E-state index < -0.39 is 0 Å². The first-order valence-corrected chi connectivity index (χ1v) is 5.62. The van der Waals surface area contributed by atoms with Crippen molar-refractivity contribution in [2.45, 2.75) is 5.82 Å². The molecular formula is C8H10OSe. The third-order valence-electron chi connectivity index (χ3n) is 1.29. The molecule has 0 amide bonds. The number of ether oxygens (including phenoxy) is 1. The van der Waals surface area contributed by atoms with E-state index in [1.54, 1.807) is 7.11 Å². The summed E-state index contributed by atoms with van der Waals surface area (Å²) in [6, 6.07) is 8.15. The summed E-state index contributed by atoms with van der Waals surface area (Å²) in [6.45, 7) is 0. The van der Waals surface area contributed by atoms with Crippen LogP contribution in [0.5, 0.6) is 5.75 Å². The Balaban J connectivity index is 2.96. The predicted molar refractivity (Wildman–Crippen MR) is 44.2 cm³/mol. The normalized spacial score (nSPS) is 9.40. The Hall–Kier alpha value is -0.461. The van der Waals surface area contributed by atoms with Crippen LogP contribution in [0.3, 0.4) is 0 Å². The molecule has 0 heterocycles. The Morgan fingerprint density at radius 3 is 2.50 bits per heavy atom. The van der Waals surface area contributed by atoms with Crippen molar-refractivity contribution in [3.8, 4) is 5.75 Å². The third-order valence-corrected chi connectivity index (χ3v) is 2.92. The molecule has 0 spiro atoms. The Bertz CT molecular complexity index is 187. The third kappa shape index (κ3) is 1.53. The number of hydrogen-bond donors (Lipinski definition) is 0. The molecule has 0 aliphatic carbocycles. The molecule has 1 nitrogen and oxygen atoms in total. The minimum atomic E-state index is 0.534. The van der Waals surface area contributed by atoms with Crippen LogP contribution in [0, 0.1) is 0 Å². The first-order chi connectivity index (χ1) is 4.88. The van der Waals surface area contributed by atoms with E-state index in [2.05, 4.69) is 11.9 Å². The van der Waals surface area contributed by atoms with Crippen molar-refractivity contribution in [1.29, 1.82) is 0 Å². The van der Waals surface area contributed by atoms with Crippen molar-refractivity contribution in [3.63, 3.8) is 0 Å². The molecule has 0 saturated heterocycles. The SMILES string of the molecule is COc1ccccc1[Se]C. The molecule has 0 fully saturated rings. The van der Waals surface area contributed by atoms with E-state index >= 15 is 0 Å². The maximum atomic E-state index is 5.15. The maximum absolute atomic E-state index is 5.15. The molecule has 0 saturated carbocycles. The molecule has 1 aromatic carbocycles. The second-order valence-corrected chi connectivity index (χ2v) is 3.63. The van der Waals surface area contributed by atoms with Crippen LogP contribution in [0.15, 0.2) is 24.3 Å². The van der Waals surface area contributed by atoms with E-state index in [1.165, 1.54) is 4.46 Å². The number of benzene rings is 1. The summed E-state index contributed by atoms with van der Waals surface area (Å²) in [5.41, 5.74) is 0. The van der Waals surface area contributed by atoms with E-state index in [4.69, 9.17) is 4.74 Å². The van der Waals surface area contributed by atoms with Gasteiger partial charge in [-0.05, 0) is 0 Å². The molecule has 0 aromatic heterocycles. The van der Waals surface area contributed by atoms with E-state index in [1.807, 2.05) is 18.2 Å². The Morgan fingerprint density at radius 2 is 2.00 bits per heavy atom. The van der Waals surface area contributed by atoms with E-state index in [9.17, 15) is 0 Å². The molecule has 1 rings (SSSR count). The van der Waals surface area contributed by atoms with Gasteiger partial charge in [0.1, 0.15) is 0 Å². The van der Waals surface area contributed by atoms with Gasteiger partial charge in [-0.25, -0.2) is 0 Å². The minimum absolute atomic E-state index is 0.534. The molecule has 0 bridgehead atoms. The molecular weight excluding hydrogens is 191 g/mol. The van der Waals surface area contributed by atoms with Crippen molar-refractivity contribution in [3.05, 3.63) is 24.3 Å². The van der Waals surface area contributed by atoms with Gasteiger partial charge in [0.25, 0.3) is 0 Å². The van der Waals surface area contributed by atoms with Crippen molar-refractivity contribution in [2.24, 2.45) is 0 Å². The molecule has 0 radical (unpaired) electrons. The monoisotopic (exact) mass is 202 g/mol. The molecule has 10 heavy (non-hydrogen) atoms. The van der Waals surface area contributed by atoms with Crippen molar-refractivity contribution in [2.75, 3.05) is 7.11 Å². The quantitative estimate of drug-likeness (QED) is 0.650. The zero-order valence-corrected chi connectivity index (χ0v) is 7.84. The Morgan fingerprint density at radius 1 is 1.30 bits per heavy atom. The fraction of sp³-hybridized carbons (Fsp3) is 0.250. The molecule has 2 heteroatoms. The summed E-state index contributed by atoms with van der Waals surface area (Å²) >= 11 is 0.534. The zero-order chi connectivity index (χ0) is 7.40. The summed E-state index contributed by atoms with van der Waals surface area (Å²) in [5, 5.41) is 0. The average molecular weight is 201 g/mol. The number of hydrogen-bond acceptors (Lipinski definition) is 1. The van der Waals surface area contributed by atoms with Crippen LogP contribution in [-0.2, 0) is 0 Å². The van der Waals surface area contributed by atoms with Gasteiger partial charge >= 0.3 is 67.1 Å². The molecule has 54 valence electrons. The summed E-state index contributed by atoms with van der Waals surface area (Å²) < 4.78 is 6.48. The molecule has 0 unspecified atom stereocenters. The zero-order valence-electron chi connectivity index (χ0n) is 6.13. The van der Waals surface area contributed by atoms with Gasteiger partial charge in [0.15, 0.2) is 0 Å². The van der Waals surface area contributed by atoms with Gasteiger partial charge < -0.3 is 0 Å². The fourth-order valence-corrected chi connectivity index (χ4v) is 1.98. The van der Waals surface area contributed by atoms with Crippen LogP contribution < -0.4 is 9.20 Å².